The van der Waals surface area contributed by atoms with E-state index in [-0.39, 0.29) is 0 Å². The van der Waals surface area contributed by atoms with Gasteiger partial charge in [-0.2, -0.15) is 0 Å². The van der Waals surface area contributed by atoms with E-state index in [1.165, 1.54) is 4.88 Å². The minimum atomic E-state index is 0.493. The number of nitrogen functional groups attached to an aromatic ring is 1. The number of hydrazine groups is 1. The third-order valence-electron chi connectivity index (χ3n) is 2.03. The number of hydrogen-bond acceptors (Lipinski definition) is 5. The van der Waals surface area contributed by atoms with Crippen LogP contribution in [0, 0.1) is 0 Å². The van der Waals surface area contributed by atoms with Gasteiger partial charge in [0.1, 0.15) is 5.82 Å². The van der Waals surface area contributed by atoms with E-state index in [4.69, 9.17) is 10.6 Å². The molecule has 0 bridgehead atoms. The van der Waals surface area contributed by atoms with E-state index in [0.29, 0.717) is 19.0 Å². The molecule has 0 spiro atoms. The molecule has 0 atom stereocenters. The summed E-state index contributed by atoms with van der Waals surface area (Å²) in [6, 6.07) is 9.68. The average Bonchev–Trinajstić information content (AvgIpc) is 2.82. The minimum absolute atomic E-state index is 0.493. The Morgan fingerprint density at radius 2 is 2.19 bits per heavy atom. The van der Waals surface area contributed by atoms with Crippen LogP contribution in [-0.2, 0) is 18.0 Å². The van der Waals surface area contributed by atoms with Crippen LogP contribution in [0.5, 0.6) is 0 Å². The molecule has 2 aromatic rings. The normalized spacial score (nSPS) is 10.3. The number of hydrogen-bond donors (Lipinski definition) is 2. The Kier molecular flexibility index (Phi) is 3.87. The van der Waals surface area contributed by atoms with Gasteiger partial charge in [0.15, 0.2) is 0 Å². The number of pyridine rings is 1. The predicted octanol–water partition coefficient (Wildman–Crippen LogP) is 2.15. The fourth-order valence-corrected chi connectivity index (χ4v) is 1.93. The van der Waals surface area contributed by atoms with Crippen LogP contribution in [0.25, 0.3) is 0 Å². The van der Waals surface area contributed by atoms with Crippen molar-refractivity contribution in [3.63, 3.8) is 0 Å². The maximum atomic E-state index is 5.54. The number of thiophene rings is 1. The monoisotopic (exact) mass is 235 g/mol. The summed E-state index contributed by atoms with van der Waals surface area (Å²) in [6.07, 6.45) is 0. The predicted molar refractivity (Wildman–Crippen MR) is 64.9 cm³/mol. The van der Waals surface area contributed by atoms with Gasteiger partial charge in [0, 0.05) is 4.88 Å². The first-order valence-corrected chi connectivity index (χ1v) is 5.79. The number of nitrogens with zero attached hydrogens (tertiary/aromatic N) is 1. The van der Waals surface area contributed by atoms with Gasteiger partial charge in [-0.3, -0.25) is 0 Å². The lowest BCUT2D eigenvalue weighted by Gasteiger charge is -2.04. The summed E-state index contributed by atoms with van der Waals surface area (Å²) in [7, 11) is 0. The van der Waals surface area contributed by atoms with Crippen molar-refractivity contribution in [2.75, 3.05) is 5.43 Å². The summed E-state index contributed by atoms with van der Waals surface area (Å²) in [6.45, 7) is 1.12. The molecule has 0 aliphatic heterocycles. The summed E-state index contributed by atoms with van der Waals surface area (Å²) in [4.78, 5) is 5.47. The SMILES string of the molecule is NNc1cccc(COCc2cccs2)n1. The number of aromatic nitrogens is 1. The molecule has 0 saturated heterocycles. The Labute approximate surface area is 98.1 Å². The van der Waals surface area contributed by atoms with Crippen LogP contribution >= 0.6 is 11.3 Å². The quantitative estimate of drug-likeness (QED) is 0.616. The van der Waals surface area contributed by atoms with Crippen molar-refractivity contribution in [1.29, 1.82) is 0 Å². The molecule has 3 N–H and O–H groups in total. The van der Waals surface area contributed by atoms with Crippen LogP contribution in [0.2, 0.25) is 0 Å². The lowest BCUT2D eigenvalue weighted by molar-refractivity contribution is 0.107. The number of rotatable bonds is 5. The van der Waals surface area contributed by atoms with Crippen molar-refractivity contribution in [2.45, 2.75) is 13.2 Å². The van der Waals surface area contributed by atoms with Crippen LogP contribution in [0.3, 0.4) is 0 Å². The number of ether oxygens (including phenoxy) is 1. The first kappa shape index (κ1) is 11.1. The van der Waals surface area contributed by atoms with Crippen LogP contribution in [0.1, 0.15) is 10.6 Å². The molecule has 0 aliphatic carbocycles. The van der Waals surface area contributed by atoms with E-state index >= 15 is 0 Å². The molecule has 2 heterocycles. The van der Waals surface area contributed by atoms with Gasteiger partial charge < -0.3 is 10.2 Å². The third-order valence-corrected chi connectivity index (χ3v) is 2.88. The number of nitrogens with two attached hydrogens (primary N) is 1. The molecule has 16 heavy (non-hydrogen) atoms. The van der Waals surface area contributed by atoms with E-state index < -0.39 is 0 Å². The molecule has 4 nitrogen and oxygen atoms in total. The maximum absolute atomic E-state index is 5.54. The highest BCUT2D eigenvalue weighted by Gasteiger charge is 1.98. The summed E-state index contributed by atoms with van der Waals surface area (Å²) >= 11 is 1.69. The van der Waals surface area contributed by atoms with E-state index in [9.17, 15) is 0 Å². The molecule has 2 rings (SSSR count). The molecule has 0 fully saturated rings. The molecule has 5 heteroatoms. The van der Waals surface area contributed by atoms with E-state index in [1.807, 2.05) is 29.6 Å². The van der Waals surface area contributed by atoms with Crippen molar-refractivity contribution < 1.29 is 4.74 Å². The molecular formula is C11H13N3OS. The number of nitrogens with one attached hydrogen (secondary N) is 1. The van der Waals surface area contributed by atoms with Gasteiger partial charge in [-0.25, -0.2) is 10.8 Å². The molecule has 0 unspecified atom stereocenters. The molecule has 0 amide bonds. The Hall–Kier alpha value is -1.43. The fourth-order valence-electron chi connectivity index (χ4n) is 1.29. The molecular weight excluding hydrogens is 222 g/mol. The maximum Gasteiger partial charge on any atom is 0.140 e. The van der Waals surface area contributed by atoms with Gasteiger partial charge in [0.05, 0.1) is 18.9 Å². The summed E-state index contributed by atoms with van der Waals surface area (Å²) in [5.41, 5.74) is 3.37. The molecule has 0 aromatic carbocycles. The second-order valence-corrected chi connectivity index (χ2v) is 4.26. The lowest BCUT2D eigenvalue weighted by atomic mass is 10.3. The van der Waals surface area contributed by atoms with Crippen LogP contribution < -0.4 is 11.3 Å². The number of anilines is 1. The average molecular weight is 235 g/mol. The molecule has 0 aliphatic rings. The van der Waals surface area contributed by atoms with Gasteiger partial charge in [0.25, 0.3) is 0 Å². The minimum Gasteiger partial charge on any atom is -0.370 e. The third kappa shape index (κ3) is 3.03. The zero-order valence-corrected chi connectivity index (χ0v) is 9.54. The highest BCUT2D eigenvalue weighted by Crippen LogP contribution is 2.11. The van der Waals surface area contributed by atoms with Crippen molar-refractivity contribution in [1.82, 2.24) is 4.98 Å². The van der Waals surface area contributed by atoms with Gasteiger partial charge in [0.2, 0.25) is 0 Å². The lowest BCUT2D eigenvalue weighted by Crippen LogP contribution is -2.09. The Morgan fingerprint density at radius 3 is 2.94 bits per heavy atom. The van der Waals surface area contributed by atoms with Gasteiger partial charge in [-0.15, -0.1) is 11.3 Å². The second kappa shape index (κ2) is 5.60. The topological polar surface area (TPSA) is 60.2 Å². The van der Waals surface area contributed by atoms with E-state index in [0.717, 1.165) is 5.69 Å². The highest BCUT2D eigenvalue weighted by atomic mass is 32.1. The second-order valence-electron chi connectivity index (χ2n) is 3.23. The van der Waals surface area contributed by atoms with Crippen LogP contribution in [0.15, 0.2) is 35.7 Å². The highest BCUT2D eigenvalue weighted by molar-refractivity contribution is 7.09. The van der Waals surface area contributed by atoms with Crippen molar-refractivity contribution in [3.05, 3.63) is 46.3 Å². The summed E-state index contributed by atoms with van der Waals surface area (Å²) < 4.78 is 5.54. The Balaban J connectivity index is 1.85. The van der Waals surface area contributed by atoms with Gasteiger partial charge in [-0.1, -0.05) is 12.1 Å². The first-order chi connectivity index (χ1) is 7.88. The molecule has 0 saturated carbocycles. The zero-order valence-electron chi connectivity index (χ0n) is 8.72. The summed E-state index contributed by atoms with van der Waals surface area (Å²) in [5, 5.41) is 2.04. The molecule has 84 valence electrons. The molecule has 0 radical (unpaired) electrons. The molecule has 2 aromatic heterocycles. The first-order valence-electron chi connectivity index (χ1n) is 4.91. The zero-order chi connectivity index (χ0) is 11.2. The smallest absolute Gasteiger partial charge is 0.140 e. The Bertz CT molecular complexity index is 431. The fraction of sp³-hybridized carbons (Fsp3) is 0.182. The van der Waals surface area contributed by atoms with Crippen LogP contribution in [-0.4, -0.2) is 4.98 Å². The standard InChI is InChI=1S/C11H13N3OS/c12-14-11-5-1-3-9(13-11)7-15-8-10-4-2-6-16-10/h1-6H,7-8,12H2,(H,13,14). The van der Waals surface area contributed by atoms with E-state index in [1.54, 1.807) is 11.3 Å². The summed E-state index contributed by atoms with van der Waals surface area (Å²) in [5.74, 6) is 5.92. The van der Waals surface area contributed by atoms with E-state index in [2.05, 4.69) is 16.5 Å². The van der Waals surface area contributed by atoms with Gasteiger partial charge >= 0.3 is 0 Å². The van der Waals surface area contributed by atoms with Crippen molar-refractivity contribution in [2.24, 2.45) is 5.84 Å². The van der Waals surface area contributed by atoms with Crippen molar-refractivity contribution >= 4 is 17.2 Å². The van der Waals surface area contributed by atoms with Gasteiger partial charge in [-0.05, 0) is 23.6 Å². The Morgan fingerprint density at radius 1 is 1.25 bits per heavy atom. The largest absolute Gasteiger partial charge is 0.370 e. The van der Waals surface area contributed by atoms with Crippen molar-refractivity contribution in [3.8, 4) is 0 Å². The van der Waals surface area contributed by atoms with Crippen LogP contribution in [0.4, 0.5) is 5.82 Å².